The maximum atomic E-state index is 11.5. The molecule has 25 heavy (non-hydrogen) atoms. The zero-order valence-corrected chi connectivity index (χ0v) is 15.7. The monoisotopic (exact) mass is 351 g/mol. The van der Waals surface area contributed by atoms with Crippen LogP contribution in [-0.4, -0.2) is 24.1 Å². The van der Waals surface area contributed by atoms with Gasteiger partial charge in [0, 0.05) is 15.8 Å². The van der Waals surface area contributed by atoms with Crippen LogP contribution in [0.3, 0.4) is 0 Å². The summed E-state index contributed by atoms with van der Waals surface area (Å²) in [4.78, 5) is 2.34. The lowest BCUT2D eigenvalue weighted by atomic mass is 9.68. The highest BCUT2D eigenvalue weighted by atomic mass is 32.1. The molecule has 0 atom stereocenters. The van der Waals surface area contributed by atoms with Gasteiger partial charge in [-0.15, -0.1) is 11.3 Å². The van der Waals surface area contributed by atoms with Gasteiger partial charge in [0.2, 0.25) is 0 Å². The highest BCUT2D eigenvalue weighted by Gasteiger charge is 2.45. The van der Waals surface area contributed by atoms with Crippen LogP contribution in [0.25, 0.3) is 10.1 Å². The molecule has 3 aromatic rings. The first-order valence-corrected chi connectivity index (χ1v) is 9.85. The molecular formula is C22H25NOS. The summed E-state index contributed by atoms with van der Waals surface area (Å²) in [5.74, 6) is 0. The minimum absolute atomic E-state index is 0.0132. The van der Waals surface area contributed by atoms with Crippen molar-refractivity contribution in [3.63, 3.8) is 0 Å². The third-order valence-corrected chi connectivity index (χ3v) is 7.02. The standard InChI is InChI=1S/C22H25NOS/c1-23(2)21(17-8-4-3-5-9-17)12-14-22(24,15-13-21)19-16-25-20-11-7-6-10-18(19)20/h3-11,16,24H,12-15H2,1-2H3. The lowest BCUT2D eigenvalue weighted by molar-refractivity contribution is -0.0497. The van der Waals surface area contributed by atoms with E-state index in [-0.39, 0.29) is 5.54 Å². The van der Waals surface area contributed by atoms with Crippen LogP contribution >= 0.6 is 11.3 Å². The smallest absolute Gasteiger partial charge is 0.0912 e. The van der Waals surface area contributed by atoms with Crippen molar-refractivity contribution >= 4 is 21.4 Å². The molecule has 0 unspecified atom stereocenters. The number of thiophene rings is 1. The molecule has 1 aromatic heterocycles. The van der Waals surface area contributed by atoms with Crippen molar-refractivity contribution in [2.24, 2.45) is 0 Å². The first-order chi connectivity index (χ1) is 12.1. The second-order valence-corrected chi connectivity index (χ2v) is 8.38. The fraction of sp³-hybridized carbons (Fsp3) is 0.364. The third kappa shape index (κ3) is 2.71. The number of hydrogen-bond acceptors (Lipinski definition) is 3. The van der Waals surface area contributed by atoms with Gasteiger partial charge in [-0.3, -0.25) is 4.90 Å². The molecule has 0 radical (unpaired) electrons. The maximum absolute atomic E-state index is 11.5. The van der Waals surface area contributed by atoms with E-state index < -0.39 is 5.60 Å². The van der Waals surface area contributed by atoms with E-state index in [2.05, 4.69) is 79.0 Å². The average Bonchev–Trinajstić information content (AvgIpc) is 3.08. The molecule has 1 aliphatic rings. The molecule has 0 aliphatic heterocycles. The number of hydrogen-bond donors (Lipinski definition) is 1. The molecule has 1 saturated carbocycles. The lowest BCUT2D eigenvalue weighted by Crippen LogP contribution is -2.48. The predicted octanol–water partition coefficient (Wildman–Crippen LogP) is 5.12. The van der Waals surface area contributed by atoms with E-state index in [0.29, 0.717) is 0 Å². The Labute approximate surface area is 153 Å². The Balaban J connectivity index is 1.67. The van der Waals surface area contributed by atoms with Crippen LogP contribution < -0.4 is 0 Å². The van der Waals surface area contributed by atoms with Crippen molar-refractivity contribution in [2.75, 3.05) is 14.1 Å². The Morgan fingerprint density at radius 3 is 2.20 bits per heavy atom. The molecule has 2 nitrogen and oxygen atoms in total. The van der Waals surface area contributed by atoms with Crippen molar-refractivity contribution in [1.82, 2.24) is 4.90 Å². The Hall–Kier alpha value is -1.68. The molecule has 1 N–H and O–H groups in total. The summed E-state index contributed by atoms with van der Waals surface area (Å²) in [5.41, 5.74) is 1.78. The van der Waals surface area contributed by atoms with E-state index in [1.165, 1.54) is 15.6 Å². The molecule has 1 aliphatic carbocycles. The van der Waals surface area contributed by atoms with Crippen LogP contribution in [-0.2, 0) is 11.1 Å². The van der Waals surface area contributed by atoms with E-state index >= 15 is 0 Å². The minimum atomic E-state index is -0.714. The first kappa shape index (κ1) is 16.8. The van der Waals surface area contributed by atoms with Gasteiger partial charge in [0.05, 0.1) is 5.60 Å². The van der Waals surface area contributed by atoms with Gasteiger partial charge in [-0.25, -0.2) is 0 Å². The molecule has 1 fully saturated rings. The van der Waals surface area contributed by atoms with Gasteiger partial charge < -0.3 is 5.11 Å². The molecule has 1 heterocycles. The fourth-order valence-electron chi connectivity index (χ4n) is 4.43. The Morgan fingerprint density at radius 2 is 1.52 bits per heavy atom. The van der Waals surface area contributed by atoms with Crippen molar-refractivity contribution in [1.29, 1.82) is 0 Å². The normalized spacial score (nSPS) is 27.0. The zero-order valence-electron chi connectivity index (χ0n) is 14.9. The molecule has 0 amide bonds. The Kier molecular flexibility index (Phi) is 4.19. The Bertz CT molecular complexity index is 860. The van der Waals surface area contributed by atoms with Crippen LogP contribution in [0.1, 0.15) is 36.8 Å². The summed E-state index contributed by atoms with van der Waals surface area (Å²) in [6.45, 7) is 0. The van der Waals surface area contributed by atoms with Crippen LogP contribution in [0.2, 0.25) is 0 Å². The summed E-state index contributed by atoms with van der Waals surface area (Å²) in [6.07, 6.45) is 3.51. The number of benzene rings is 2. The molecule has 130 valence electrons. The summed E-state index contributed by atoms with van der Waals surface area (Å²) in [6, 6.07) is 19.2. The van der Waals surface area contributed by atoms with Crippen molar-refractivity contribution in [3.05, 3.63) is 71.1 Å². The van der Waals surface area contributed by atoms with Gasteiger partial charge in [-0.05, 0) is 62.2 Å². The van der Waals surface area contributed by atoms with Gasteiger partial charge in [0.25, 0.3) is 0 Å². The molecule has 2 aromatic carbocycles. The zero-order chi connectivity index (χ0) is 17.5. The van der Waals surface area contributed by atoms with Crippen LogP contribution in [0.5, 0.6) is 0 Å². The largest absolute Gasteiger partial charge is 0.385 e. The number of aliphatic hydroxyl groups is 1. The van der Waals surface area contributed by atoms with Gasteiger partial charge >= 0.3 is 0 Å². The summed E-state index contributed by atoms with van der Waals surface area (Å²) in [7, 11) is 4.33. The SMILES string of the molecule is CN(C)C1(c2ccccc2)CCC(O)(c2csc3ccccc23)CC1. The second-order valence-electron chi connectivity index (χ2n) is 7.47. The number of fused-ring (bicyclic) bond motifs is 1. The third-order valence-electron chi connectivity index (χ3n) is 6.05. The van der Waals surface area contributed by atoms with Crippen molar-refractivity contribution in [2.45, 2.75) is 36.8 Å². The number of nitrogens with zero attached hydrogens (tertiary/aromatic N) is 1. The minimum Gasteiger partial charge on any atom is -0.385 e. The summed E-state index contributed by atoms with van der Waals surface area (Å²) < 4.78 is 1.26. The van der Waals surface area contributed by atoms with Crippen molar-refractivity contribution < 1.29 is 5.11 Å². The van der Waals surface area contributed by atoms with Gasteiger partial charge in [-0.1, -0.05) is 48.5 Å². The molecule has 0 saturated heterocycles. The van der Waals surface area contributed by atoms with E-state index in [1.807, 2.05) is 0 Å². The lowest BCUT2D eigenvalue weighted by Gasteiger charge is -2.48. The van der Waals surface area contributed by atoms with Gasteiger partial charge in [-0.2, -0.15) is 0 Å². The number of rotatable bonds is 3. The van der Waals surface area contributed by atoms with Crippen LogP contribution in [0.4, 0.5) is 0 Å². The second kappa shape index (κ2) is 6.24. The fourth-order valence-corrected chi connectivity index (χ4v) is 5.48. The summed E-state index contributed by atoms with van der Waals surface area (Å²) >= 11 is 1.74. The van der Waals surface area contributed by atoms with E-state index in [9.17, 15) is 5.11 Å². The van der Waals surface area contributed by atoms with Crippen molar-refractivity contribution in [3.8, 4) is 0 Å². The maximum Gasteiger partial charge on any atom is 0.0912 e. The molecule has 3 heteroatoms. The quantitative estimate of drug-likeness (QED) is 0.708. The molecule has 0 bridgehead atoms. The molecule has 0 spiro atoms. The molecular weight excluding hydrogens is 326 g/mol. The first-order valence-electron chi connectivity index (χ1n) is 8.97. The van der Waals surface area contributed by atoms with Gasteiger partial charge in [0.15, 0.2) is 0 Å². The van der Waals surface area contributed by atoms with Gasteiger partial charge in [0.1, 0.15) is 0 Å². The van der Waals surface area contributed by atoms with E-state index in [1.54, 1.807) is 11.3 Å². The van der Waals surface area contributed by atoms with E-state index in [4.69, 9.17) is 0 Å². The summed E-state index contributed by atoms with van der Waals surface area (Å²) in [5, 5.41) is 14.9. The predicted molar refractivity (Wildman–Crippen MR) is 106 cm³/mol. The highest BCUT2D eigenvalue weighted by Crippen LogP contribution is 2.50. The molecule has 4 rings (SSSR count). The van der Waals surface area contributed by atoms with Crippen LogP contribution in [0, 0.1) is 0 Å². The average molecular weight is 352 g/mol. The topological polar surface area (TPSA) is 23.5 Å². The highest BCUT2D eigenvalue weighted by molar-refractivity contribution is 7.17. The van der Waals surface area contributed by atoms with E-state index in [0.717, 1.165) is 31.2 Å². The van der Waals surface area contributed by atoms with Crippen LogP contribution in [0.15, 0.2) is 60.0 Å². The Morgan fingerprint density at radius 1 is 0.880 bits per heavy atom.